The van der Waals surface area contributed by atoms with Gasteiger partial charge < -0.3 is 42.0 Å². The molecule has 4 saturated heterocycles. The Labute approximate surface area is 364 Å². The first kappa shape index (κ1) is 44.6. The van der Waals surface area contributed by atoms with Crippen LogP contribution < -0.4 is 0 Å². The maximum atomic E-state index is 7.30. The van der Waals surface area contributed by atoms with E-state index in [9.17, 15) is 0 Å². The van der Waals surface area contributed by atoms with Crippen LogP contribution in [0, 0.1) is 0 Å². The summed E-state index contributed by atoms with van der Waals surface area (Å²) in [5.74, 6) is 0. The molecule has 61 heavy (non-hydrogen) atoms. The van der Waals surface area contributed by atoms with Gasteiger partial charge in [-0.05, 0) is 47.4 Å². The van der Waals surface area contributed by atoms with Crippen molar-refractivity contribution in [2.45, 2.75) is 165 Å². The monoisotopic (exact) mass is 852 g/mol. The highest BCUT2D eigenvalue weighted by atomic mass is 28.4. The van der Waals surface area contributed by atoms with E-state index in [-0.39, 0.29) is 46.7 Å². The fourth-order valence-electron chi connectivity index (χ4n) is 10.2. The Morgan fingerprint density at radius 2 is 1.26 bits per heavy atom. The summed E-state index contributed by atoms with van der Waals surface area (Å²) in [7, 11) is -2.75. The molecule has 10 heteroatoms. The number of benzene rings is 4. The van der Waals surface area contributed by atoms with Crippen molar-refractivity contribution in [3.05, 3.63) is 120 Å². The van der Waals surface area contributed by atoms with Gasteiger partial charge in [0, 0.05) is 35.8 Å². The maximum Gasteiger partial charge on any atom is 0.349 e. The molecule has 4 aliphatic heterocycles. The lowest BCUT2D eigenvalue weighted by atomic mass is 9.81. The Balaban J connectivity index is 1.03. The highest BCUT2D eigenvalue weighted by Crippen LogP contribution is 2.57. The molecule has 8 rings (SSSR count). The summed E-state index contributed by atoms with van der Waals surface area (Å²) in [4.78, 5) is 0. The zero-order valence-corrected chi connectivity index (χ0v) is 38.6. The second kappa shape index (κ2) is 18.2. The molecule has 0 spiro atoms. The van der Waals surface area contributed by atoms with Crippen LogP contribution in [0.4, 0.5) is 0 Å². The molecule has 4 aliphatic rings. The zero-order valence-electron chi connectivity index (χ0n) is 37.6. The van der Waals surface area contributed by atoms with Crippen molar-refractivity contribution in [3.63, 3.8) is 0 Å². The molecule has 0 N–H and O–H groups in total. The summed E-state index contributed by atoms with van der Waals surface area (Å²) in [5.41, 5.74) is 2.14. The van der Waals surface area contributed by atoms with Gasteiger partial charge in [0.1, 0.15) is 11.7 Å². The molecule has 0 bridgehead atoms. The molecule has 0 aliphatic carbocycles. The normalized spacial score (nSPS) is 31.8. The predicted molar refractivity (Wildman–Crippen MR) is 239 cm³/mol. The van der Waals surface area contributed by atoms with Crippen LogP contribution in [0.2, 0.25) is 10.1 Å². The minimum absolute atomic E-state index is 0.145. The molecule has 0 aromatic heterocycles. The van der Waals surface area contributed by atoms with E-state index in [1.165, 1.54) is 10.8 Å². The molecule has 330 valence electrons. The molecule has 1 unspecified atom stereocenters. The summed E-state index contributed by atoms with van der Waals surface area (Å²) in [5, 5.41) is 2.10. The number of fused-ring (bicyclic) bond motifs is 3. The summed E-state index contributed by atoms with van der Waals surface area (Å²) in [6.45, 7) is 20.6. The highest BCUT2D eigenvalue weighted by Gasteiger charge is 2.67. The third-order valence-electron chi connectivity index (χ3n) is 13.4. The lowest BCUT2D eigenvalue weighted by molar-refractivity contribution is -0.304. The van der Waals surface area contributed by atoms with Gasteiger partial charge in [0.05, 0.1) is 75.8 Å². The number of rotatable bonds is 12. The van der Waals surface area contributed by atoms with Gasteiger partial charge in [-0.1, -0.05) is 139 Å². The topological polar surface area (TPSA) is 83.1 Å². The standard InChI is InChI=1S/C51H68O9Si/c1-48(2,3)61(49(4,5)6)56-35-51(8)46(59-61)30-45-50(7,60-51)25-26-53-47(58-45)29-43-41(55-33-38-23-24-39-21-15-16-22-40(39)27-38)28-42(54-32-37-19-13-10-14-20-37)44(57-43)34-52-31-36-17-11-9-12-18-36/h9-24,27,41-47H,25-26,28-35H2,1-8H3/t41-,42+,43+,44-,45+,46-,47?,50-,51+/m0/s1. The van der Waals surface area contributed by atoms with Gasteiger partial charge in [-0.2, -0.15) is 0 Å². The average molecular weight is 853 g/mol. The molecule has 0 saturated carbocycles. The lowest BCUT2D eigenvalue weighted by Gasteiger charge is -2.61. The summed E-state index contributed by atoms with van der Waals surface area (Å²) >= 11 is 0. The minimum Gasteiger partial charge on any atom is -0.390 e. The van der Waals surface area contributed by atoms with E-state index >= 15 is 0 Å². The van der Waals surface area contributed by atoms with E-state index in [4.69, 9.17) is 42.0 Å². The summed E-state index contributed by atoms with van der Waals surface area (Å²) in [6, 6.07) is 35.5. The van der Waals surface area contributed by atoms with Gasteiger partial charge in [0.2, 0.25) is 0 Å². The minimum atomic E-state index is -2.75. The van der Waals surface area contributed by atoms with Crippen molar-refractivity contribution in [3.8, 4) is 0 Å². The fourth-order valence-corrected chi connectivity index (χ4v) is 15.3. The van der Waals surface area contributed by atoms with Gasteiger partial charge in [0.15, 0.2) is 6.29 Å². The highest BCUT2D eigenvalue weighted by molar-refractivity contribution is 6.73. The average Bonchev–Trinajstić information content (AvgIpc) is 3.38. The van der Waals surface area contributed by atoms with Crippen LogP contribution in [0.5, 0.6) is 0 Å². The summed E-state index contributed by atoms with van der Waals surface area (Å²) in [6.07, 6.45) is 0.252. The van der Waals surface area contributed by atoms with E-state index in [1.54, 1.807) is 0 Å². The molecule has 4 heterocycles. The second-order valence-electron chi connectivity index (χ2n) is 20.2. The van der Waals surface area contributed by atoms with Crippen molar-refractivity contribution in [2.24, 2.45) is 0 Å². The molecular weight excluding hydrogens is 785 g/mol. The van der Waals surface area contributed by atoms with Crippen molar-refractivity contribution in [1.82, 2.24) is 0 Å². The molecule has 0 radical (unpaired) electrons. The zero-order chi connectivity index (χ0) is 42.9. The van der Waals surface area contributed by atoms with Gasteiger partial charge >= 0.3 is 8.56 Å². The smallest absolute Gasteiger partial charge is 0.349 e. The lowest BCUT2D eigenvalue weighted by Crippen LogP contribution is -2.73. The first-order chi connectivity index (χ1) is 29.1. The first-order valence-corrected chi connectivity index (χ1v) is 24.3. The molecule has 0 amide bonds. The molecule has 4 aromatic rings. The van der Waals surface area contributed by atoms with Gasteiger partial charge in [-0.15, -0.1) is 0 Å². The van der Waals surface area contributed by atoms with E-state index in [2.05, 4.69) is 122 Å². The SMILES string of the molecule is CC(C)(C)[Si]1(C(C)(C)C)OC[C@@]2(C)O[C@@]3(C)CCOC(C[C@H]4O[C@@H](COCc5ccccc5)[C@H](OCc5ccccc5)C[C@@H]4OCc4ccc5ccccc5c4)O[C@@H]3C[C@@H]2O1. The maximum absolute atomic E-state index is 7.30. The van der Waals surface area contributed by atoms with Crippen LogP contribution >= 0.6 is 0 Å². The van der Waals surface area contributed by atoms with Crippen LogP contribution in [-0.4, -0.2) is 82.5 Å². The van der Waals surface area contributed by atoms with Crippen LogP contribution in [0.1, 0.15) is 97.8 Å². The Kier molecular flexibility index (Phi) is 13.3. The van der Waals surface area contributed by atoms with E-state index < -0.39 is 26.1 Å². The summed E-state index contributed by atoms with van der Waals surface area (Å²) < 4.78 is 62.1. The molecule has 9 atom stereocenters. The van der Waals surface area contributed by atoms with Crippen molar-refractivity contribution >= 4 is 19.3 Å². The van der Waals surface area contributed by atoms with E-state index in [0.717, 1.165) is 16.7 Å². The first-order valence-electron chi connectivity index (χ1n) is 22.4. The molecule has 9 nitrogen and oxygen atoms in total. The quantitative estimate of drug-likeness (QED) is 0.129. The van der Waals surface area contributed by atoms with Crippen LogP contribution in [0.15, 0.2) is 103 Å². The van der Waals surface area contributed by atoms with Crippen LogP contribution in [0.3, 0.4) is 0 Å². The number of hydrogen-bond donors (Lipinski definition) is 0. The van der Waals surface area contributed by atoms with Crippen molar-refractivity contribution in [2.75, 3.05) is 19.8 Å². The van der Waals surface area contributed by atoms with Gasteiger partial charge in [-0.25, -0.2) is 0 Å². The largest absolute Gasteiger partial charge is 0.390 e. The Morgan fingerprint density at radius 3 is 1.95 bits per heavy atom. The third-order valence-corrected chi connectivity index (χ3v) is 18.5. The third kappa shape index (κ3) is 9.89. The van der Waals surface area contributed by atoms with Crippen LogP contribution in [-0.2, 0) is 61.8 Å². The van der Waals surface area contributed by atoms with Gasteiger partial charge in [-0.3, -0.25) is 0 Å². The van der Waals surface area contributed by atoms with Gasteiger partial charge in [0.25, 0.3) is 0 Å². The molecular formula is C51H68O9Si. The molecule has 4 fully saturated rings. The number of hydrogen-bond acceptors (Lipinski definition) is 9. The fraction of sp³-hybridized carbons (Fsp3) is 0.569. The van der Waals surface area contributed by atoms with Crippen molar-refractivity contribution < 1.29 is 42.0 Å². The predicted octanol–water partition coefficient (Wildman–Crippen LogP) is 10.6. The van der Waals surface area contributed by atoms with E-state index in [1.807, 2.05) is 36.4 Å². The Hall–Kier alpha value is -3.00. The van der Waals surface area contributed by atoms with Crippen LogP contribution in [0.25, 0.3) is 10.8 Å². The Morgan fingerprint density at radius 1 is 0.639 bits per heavy atom. The number of ether oxygens (including phenoxy) is 7. The Bertz CT molecular complexity index is 2020. The van der Waals surface area contributed by atoms with Crippen molar-refractivity contribution in [1.29, 1.82) is 0 Å². The molecule has 4 aromatic carbocycles. The van der Waals surface area contributed by atoms with E-state index in [0.29, 0.717) is 65.3 Å². The second-order valence-corrected chi connectivity index (χ2v) is 25.0.